The molecule has 3 aromatic rings. The van der Waals surface area contributed by atoms with Crippen molar-refractivity contribution in [3.63, 3.8) is 0 Å². The summed E-state index contributed by atoms with van der Waals surface area (Å²) in [5, 5.41) is 3.06. The van der Waals surface area contributed by atoms with Crippen molar-refractivity contribution in [3.05, 3.63) is 71.8 Å². The maximum absolute atomic E-state index is 13.1. The van der Waals surface area contributed by atoms with Gasteiger partial charge in [-0.1, -0.05) is 18.2 Å². The van der Waals surface area contributed by atoms with E-state index in [1.165, 1.54) is 0 Å². The van der Waals surface area contributed by atoms with Crippen LogP contribution in [-0.4, -0.2) is 63.6 Å². The number of ether oxygens (including phenoxy) is 1. The molecule has 2 saturated heterocycles. The first-order chi connectivity index (χ1) is 17.9. The fraction of sp³-hybridized carbons (Fsp3) is 0.333. The first-order valence-electron chi connectivity index (χ1n) is 12.9. The van der Waals surface area contributed by atoms with Gasteiger partial charge in [-0.2, -0.15) is 0 Å². The Labute approximate surface area is 218 Å². The van der Waals surface area contributed by atoms with Gasteiger partial charge in [-0.3, -0.25) is 9.59 Å². The number of benzene rings is 3. The molecule has 37 heavy (non-hydrogen) atoms. The number of amides is 2. The van der Waals surface area contributed by atoms with Gasteiger partial charge < -0.3 is 24.8 Å². The van der Waals surface area contributed by atoms with Crippen LogP contribution in [0.25, 0.3) is 11.1 Å². The van der Waals surface area contributed by atoms with Crippen molar-refractivity contribution in [2.75, 3.05) is 62.0 Å². The van der Waals surface area contributed by atoms with Gasteiger partial charge >= 0.3 is 0 Å². The summed E-state index contributed by atoms with van der Waals surface area (Å²) < 4.78 is 5.60. The van der Waals surface area contributed by atoms with Crippen LogP contribution in [0.1, 0.15) is 28.8 Å². The van der Waals surface area contributed by atoms with Crippen molar-refractivity contribution < 1.29 is 14.3 Å². The number of nitrogens with one attached hydrogen (secondary N) is 1. The van der Waals surface area contributed by atoms with Crippen LogP contribution in [0.5, 0.6) is 5.75 Å². The second-order valence-electron chi connectivity index (χ2n) is 9.86. The van der Waals surface area contributed by atoms with Crippen LogP contribution >= 0.6 is 0 Å². The molecule has 7 nitrogen and oxygen atoms in total. The minimum atomic E-state index is -0.146. The Morgan fingerprint density at radius 1 is 0.919 bits per heavy atom. The smallest absolute Gasteiger partial charge is 0.255 e. The number of nitrogens with zero attached hydrogens (tertiary/aromatic N) is 3. The summed E-state index contributed by atoms with van der Waals surface area (Å²) in [6.45, 7) is 6.62. The molecule has 0 aromatic heterocycles. The number of hydrogen-bond donors (Lipinski definition) is 1. The number of carbonyl (C=O) groups is 2. The highest BCUT2D eigenvalue weighted by atomic mass is 16.5. The Bertz CT molecular complexity index is 1300. The lowest BCUT2D eigenvalue weighted by Gasteiger charge is -2.35. The van der Waals surface area contributed by atoms with E-state index in [-0.39, 0.29) is 11.8 Å². The third kappa shape index (κ3) is 5.32. The predicted octanol–water partition coefficient (Wildman–Crippen LogP) is 4.80. The Balaban J connectivity index is 1.30. The number of anilines is 3. The Kier molecular flexibility index (Phi) is 7.15. The first kappa shape index (κ1) is 24.8. The Morgan fingerprint density at radius 3 is 2.32 bits per heavy atom. The maximum Gasteiger partial charge on any atom is 0.255 e. The van der Waals surface area contributed by atoms with Crippen molar-refractivity contribution in [2.24, 2.45) is 0 Å². The summed E-state index contributed by atoms with van der Waals surface area (Å²) in [6, 6.07) is 19.6. The predicted molar refractivity (Wildman–Crippen MR) is 149 cm³/mol. The quantitative estimate of drug-likeness (QED) is 0.529. The average molecular weight is 499 g/mol. The molecule has 2 aliphatic heterocycles. The van der Waals surface area contributed by atoms with E-state index >= 15 is 0 Å². The highest BCUT2D eigenvalue weighted by Crippen LogP contribution is 2.33. The molecule has 0 bridgehead atoms. The SMILES string of the molecule is COc1ccc(NC(=O)c2ccc(-c3ccc(N4CCCC4=O)cc3)c(C)c2)cc1N1CCN(C)CC1. The number of likely N-dealkylation sites (N-methyl/N-ethyl adjacent to an activating group) is 1. The molecular formula is C30H34N4O3. The first-order valence-corrected chi connectivity index (χ1v) is 12.9. The highest BCUT2D eigenvalue weighted by Gasteiger charge is 2.22. The van der Waals surface area contributed by atoms with Crippen LogP contribution in [0, 0.1) is 6.92 Å². The van der Waals surface area contributed by atoms with Crippen molar-refractivity contribution in [3.8, 4) is 16.9 Å². The molecule has 1 N–H and O–H groups in total. The number of piperazine rings is 1. The zero-order valence-electron chi connectivity index (χ0n) is 21.8. The summed E-state index contributed by atoms with van der Waals surface area (Å²) in [5.41, 5.74) is 6.44. The normalized spacial score (nSPS) is 16.2. The monoisotopic (exact) mass is 498 g/mol. The number of methoxy groups -OCH3 is 1. The zero-order chi connectivity index (χ0) is 25.9. The van der Waals surface area contributed by atoms with Crippen molar-refractivity contribution in [1.29, 1.82) is 0 Å². The largest absolute Gasteiger partial charge is 0.495 e. The van der Waals surface area contributed by atoms with Gasteiger partial charge in [0, 0.05) is 56.1 Å². The maximum atomic E-state index is 13.1. The van der Waals surface area contributed by atoms with Gasteiger partial charge in [0.15, 0.2) is 0 Å². The lowest BCUT2D eigenvalue weighted by Crippen LogP contribution is -2.44. The van der Waals surface area contributed by atoms with E-state index in [4.69, 9.17) is 4.74 Å². The molecule has 5 rings (SSSR count). The summed E-state index contributed by atoms with van der Waals surface area (Å²) in [6.07, 6.45) is 1.54. The minimum absolute atomic E-state index is 0.146. The second-order valence-corrected chi connectivity index (χ2v) is 9.86. The lowest BCUT2D eigenvalue weighted by molar-refractivity contribution is -0.117. The summed E-state index contributed by atoms with van der Waals surface area (Å²) >= 11 is 0. The summed E-state index contributed by atoms with van der Waals surface area (Å²) in [7, 11) is 3.81. The fourth-order valence-corrected chi connectivity index (χ4v) is 5.14. The zero-order valence-corrected chi connectivity index (χ0v) is 21.8. The molecule has 0 radical (unpaired) electrons. The summed E-state index contributed by atoms with van der Waals surface area (Å²) in [5.74, 6) is 0.849. The van der Waals surface area contributed by atoms with Crippen LogP contribution in [0.15, 0.2) is 60.7 Å². The van der Waals surface area contributed by atoms with Gasteiger partial charge in [0.1, 0.15) is 5.75 Å². The van der Waals surface area contributed by atoms with E-state index in [9.17, 15) is 9.59 Å². The molecule has 0 unspecified atom stereocenters. The highest BCUT2D eigenvalue weighted by molar-refractivity contribution is 6.05. The number of hydrogen-bond acceptors (Lipinski definition) is 5. The Morgan fingerprint density at radius 2 is 1.68 bits per heavy atom. The van der Waals surface area contributed by atoms with E-state index in [2.05, 4.69) is 22.2 Å². The van der Waals surface area contributed by atoms with Gasteiger partial charge in [-0.15, -0.1) is 0 Å². The fourth-order valence-electron chi connectivity index (χ4n) is 5.14. The van der Waals surface area contributed by atoms with Crippen molar-refractivity contribution in [1.82, 2.24) is 4.90 Å². The topological polar surface area (TPSA) is 65.1 Å². The van der Waals surface area contributed by atoms with Crippen LogP contribution in [0.2, 0.25) is 0 Å². The Hall–Kier alpha value is -3.84. The van der Waals surface area contributed by atoms with Gasteiger partial charge in [-0.05, 0) is 79.5 Å². The number of carbonyl (C=O) groups excluding carboxylic acids is 2. The van der Waals surface area contributed by atoms with Crippen molar-refractivity contribution >= 4 is 28.9 Å². The van der Waals surface area contributed by atoms with Crippen LogP contribution in [0.3, 0.4) is 0 Å². The van der Waals surface area contributed by atoms with E-state index in [0.717, 1.165) is 78.6 Å². The van der Waals surface area contributed by atoms with E-state index in [0.29, 0.717) is 12.0 Å². The number of rotatable bonds is 6. The molecular weight excluding hydrogens is 464 g/mol. The molecule has 0 saturated carbocycles. The van der Waals surface area contributed by atoms with Gasteiger partial charge in [0.25, 0.3) is 5.91 Å². The molecule has 0 atom stereocenters. The van der Waals surface area contributed by atoms with Crippen LogP contribution in [0.4, 0.5) is 17.1 Å². The molecule has 2 amide bonds. The molecule has 192 valence electrons. The molecule has 2 fully saturated rings. The molecule has 2 aliphatic rings. The van der Waals surface area contributed by atoms with E-state index < -0.39 is 0 Å². The molecule has 0 spiro atoms. The van der Waals surface area contributed by atoms with E-state index in [1.54, 1.807) is 7.11 Å². The van der Waals surface area contributed by atoms with Crippen LogP contribution in [-0.2, 0) is 4.79 Å². The number of aryl methyl sites for hydroxylation is 1. The van der Waals surface area contributed by atoms with Gasteiger partial charge in [0.2, 0.25) is 5.91 Å². The molecule has 7 heteroatoms. The lowest BCUT2D eigenvalue weighted by atomic mass is 9.98. The third-order valence-electron chi connectivity index (χ3n) is 7.33. The van der Waals surface area contributed by atoms with E-state index in [1.807, 2.05) is 72.5 Å². The standard InChI is InChI=1S/C30H34N4O3/c1-21-19-23(8-12-26(21)22-6-10-25(11-7-22)34-14-4-5-29(34)35)30(36)31-24-9-13-28(37-3)27(20-24)33-17-15-32(2)16-18-33/h6-13,19-20H,4-5,14-18H2,1-3H3,(H,31,36). The minimum Gasteiger partial charge on any atom is -0.495 e. The average Bonchev–Trinajstić information content (AvgIpc) is 3.35. The van der Waals surface area contributed by atoms with Crippen LogP contribution < -0.4 is 19.9 Å². The molecule has 0 aliphatic carbocycles. The molecule has 3 aromatic carbocycles. The third-order valence-corrected chi connectivity index (χ3v) is 7.33. The molecule has 2 heterocycles. The second kappa shape index (κ2) is 10.6. The summed E-state index contributed by atoms with van der Waals surface area (Å²) in [4.78, 5) is 31.6. The van der Waals surface area contributed by atoms with Gasteiger partial charge in [-0.25, -0.2) is 0 Å². The van der Waals surface area contributed by atoms with Crippen molar-refractivity contribution in [2.45, 2.75) is 19.8 Å². The van der Waals surface area contributed by atoms with Gasteiger partial charge in [0.05, 0.1) is 12.8 Å².